The van der Waals surface area contributed by atoms with Crippen molar-refractivity contribution >= 4 is 35.0 Å². The number of benzene rings is 2. The Morgan fingerprint density at radius 3 is 1.67 bits per heavy atom. The summed E-state index contributed by atoms with van der Waals surface area (Å²) in [7, 11) is 0. The molecule has 0 aliphatic carbocycles. The SMILES string of the molecule is CCCCCCCCN(C(=O)c1ccccc1Cl)C(=O)c1ccccc1Cl. The number of rotatable bonds is 9. The molecular weight excluding hydrogens is 381 g/mol. The fraction of sp³-hybridized carbons (Fsp3) is 0.364. The van der Waals surface area contributed by atoms with E-state index in [9.17, 15) is 9.59 Å². The van der Waals surface area contributed by atoms with Crippen LogP contribution in [0.5, 0.6) is 0 Å². The summed E-state index contributed by atoms with van der Waals surface area (Å²) in [5.41, 5.74) is 0.649. The number of amides is 2. The van der Waals surface area contributed by atoms with E-state index in [1.54, 1.807) is 48.5 Å². The second-order valence-corrected chi connectivity index (χ2v) is 7.30. The zero-order valence-electron chi connectivity index (χ0n) is 15.6. The summed E-state index contributed by atoms with van der Waals surface area (Å²) in [5.74, 6) is -0.779. The Morgan fingerprint density at radius 2 is 1.19 bits per heavy atom. The third-order valence-corrected chi connectivity index (χ3v) is 5.09. The van der Waals surface area contributed by atoms with Crippen LogP contribution < -0.4 is 0 Å². The third kappa shape index (κ3) is 6.08. The maximum Gasteiger partial charge on any atom is 0.262 e. The standard InChI is InChI=1S/C22H25Cl2NO2/c1-2-3-4-5-6-11-16-25(21(26)17-12-7-9-14-19(17)23)22(27)18-13-8-10-15-20(18)24/h7-10,12-15H,2-6,11,16H2,1H3. The van der Waals surface area contributed by atoms with E-state index in [-0.39, 0.29) is 11.8 Å². The first-order valence-corrected chi connectivity index (χ1v) is 10.2. The summed E-state index contributed by atoms with van der Waals surface area (Å²) in [6.45, 7) is 2.52. The van der Waals surface area contributed by atoms with Gasteiger partial charge in [-0.25, -0.2) is 0 Å². The van der Waals surface area contributed by atoms with Crippen LogP contribution in [0.4, 0.5) is 0 Å². The minimum atomic E-state index is -0.390. The first-order chi connectivity index (χ1) is 13.1. The molecule has 0 aromatic heterocycles. The van der Waals surface area contributed by atoms with Crippen molar-refractivity contribution < 1.29 is 9.59 Å². The number of carbonyl (C=O) groups excluding carboxylic acids is 2. The van der Waals surface area contributed by atoms with Gasteiger partial charge in [-0.1, -0.05) is 86.5 Å². The molecule has 0 saturated carbocycles. The smallest absolute Gasteiger partial charge is 0.262 e. The third-order valence-electron chi connectivity index (χ3n) is 4.43. The van der Waals surface area contributed by atoms with E-state index in [1.807, 2.05) is 0 Å². The zero-order valence-corrected chi connectivity index (χ0v) is 17.1. The lowest BCUT2D eigenvalue weighted by atomic mass is 10.1. The largest absolute Gasteiger partial charge is 0.274 e. The topological polar surface area (TPSA) is 37.4 Å². The minimum absolute atomic E-state index is 0.325. The van der Waals surface area contributed by atoms with Gasteiger partial charge in [-0.05, 0) is 30.7 Å². The van der Waals surface area contributed by atoms with Crippen LogP contribution in [0.3, 0.4) is 0 Å². The van der Waals surface area contributed by atoms with Gasteiger partial charge in [-0.15, -0.1) is 0 Å². The van der Waals surface area contributed by atoms with Gasteiger partial charge in [0.15, 0.2) is 0 Å². The van der Waals surface area contributed by atoms with Gasteiger partial charge in [0.05, 0.1) is 21.2 Å². The van der Waals surface area contributed by atoms with Crippen LogP contribution in [0.25, 0.3) is 0 Å². The molecule has 27 heavy (non-hydrogen) atoms. The van der Waals surface area contributed by atoms with E-state index in [4.69, 9.17) is 23.2 Å². The molecule has 0 radical (unpaired) electrons. The predicted molar refractivity (Wildman–Crippen MR) is 112 cm³/mol. The van der Waals surface area contributed by atoms with Gasteiger partial charge in [0.2, 0.25) is 0 Å². The highest BCUT2D eigenvalue weighted by Crippen LogP contribution is 2.22. The van der Waals surface area contributed by atoms with Gasteiger partial charge >= 0.3 is 0 Å². The molecule has 0 aliphatic heterocycles. The lowest BCUT2D eigenvalue weighted by Gasteiger charge is -2.22. The molecule has 0 fully saturated rings. The Hall–Kier alpha value is -1.84. The molecule has 5 heteroatoms. The molecule has 144 valence electrons. The lowest BCUT2D eigenvalue weighted by Crippen LogP contribution is -2.38. The van der Waals surface area contributed by atoms with E-state index in [0.717, 1.165) is 19.3 Å². The van der Waals surface area contributed by atoms with Gasteiger partial charge in [-0.2, -0.15) is 0 Å². The predicted octanol–water partition coefficient (Wildman–Crippen LogP) is 6.64. The molecule has 0 N–H and O–H groups in total. The number of hydrogen-bond donors (Lipinski definition) is 0. The summed E-state index contributed by atoms with van der Waals surface area (Å²) in [4.78, 5) is 27.3. The normalized spacial score (nSPS) is 10.6. The van der Waals surface area contributed by atoms with Crippen molar-refractivity contribution in [2.45, 2.75) is 45.4 Å². The van der Waals surface area contributed by atoms with Crippen LogP contribution in [-0.4, -0.2) is 23.3 Å². The minimum Gasteiger partial charge on any atom is -0.274 e. The molecule has 2 aromatic rings. The van der Waals surface area contributed by atoms with Crippen LogP contribution in [-0.2, 0) is 0 Å². The molecule has 0 spiro atoms. The van der Waals surface area contributed by atoms with Crippen molar-refractivity contribution in [3.05, 3.63) is 69.7 Å². The van der Waals surface area contributed by atoms with Crippen LogP contribution >= 0.6 is 23.2 Å². The Bertz CT molecular complexity index is 719. The molecule has 0 bridgehead atoms. The number of carbonyl (C=O) groups is 2. The van der Waals surface area contributed by atoms with Gasteiger partial charge in [-0.3, -0.25) is 14.5 Å². The monoisotopic (exact) mass is 405 g/mol. The molecule has 3 nitrogen and oxygen atoms in total. The van der Waals surface area contributed by atoms with Crippen LogP contribution in [0, 0.1) is 0 Å². The van der Waals surface area contributed by atoms with Gasteiger partial charge in [0.1, 0.15) is 0 Å². The summed E-state index contributed by atoms with van der Waals surface area (Å²) in [6, 6.07) is 13.6. The second-order valence-electron chi connectivity index (χ2n) is 6.49. The van der Waals surface area contributed by atoms with Gasteiger partial charge < -0.3 is 0 Å². The number of unbranched alkanes of at least 4 members (excludes halogenated alkanes) is 5. The highest BCUT2D eigenvalue weighted by atomic mass is 35.5. The number of hydrogen-bond acceptors (Lipinski definition) is 2. The van der Waals surface area contributed by atoms with Crippen LogP contribution in [0.15, 0.2) is 48.5 Å². The summed E-state index contributed by atoms with van der Waals surface area (Å²) in [5, 5.41) is 0.671. The summed E-state index contributed by atoms with van der Waals surface area (Å²) in [6.07, 6.45) is 6.40. The molecule has 0 aliphatic rings. The Labute approximate surface area is 171 Å². The summed E-state index contributed by atoms with van der Waals surface area (Å²) >= 11 is 12.4. The average Bonchev–Trinajstić information content (AvgIpc) is 2.67. The van der Waals surface area contributed by atoms with Gasteiger partial charge in [0.25, 0.3) is 11.8 Å². The number of nitrogens with zero attached hydrogens (tertiary/aromatic N) is 1. The Morgan fingerprint density at radius 1 is 0.741 bits per heavy atom. The Balaban J connectivity index is 2.18. The van der Waals surface area contributed by atoms with Crippen molar-refractivity contribution in [1.29, 1.82) is 0 Å². The molecule has 0 unspecified atom stereocenters. The maximum absolute atomic E-state index is 13.0. The molecular formula is C22H25Cl2NO2. The highest BCUT2D eigenvalue weighted by Gasteiger charge is 2.26. The molecule has 2 rings (SSSR count). The first kappa shape index (κ1) is 21.5. The van der Waals surface area contributed by atoms with Crippen molar-refractivity contribution in [3.8, 4) is 0 Å². The van der Waals surface area contributed by atoms with E-state index >= 15 is 0 Å². The van der Waals surface area contributed by atoms with Crippen LogP contribution in [0.1, 0.15) is 66.2 Å². The molecule has 2 aromatic carbocycles. The van der Waals surface area contributed by atoms with E-state index in [2.05, 4.69) is 6.92 Å². The van der Waals surface area contributed by atoms with E-state index in [0.29, 0.717) is 27.7 Å². The van der Waals surface area contributed by atoms with E-state index < -0.39 is 0 Å². The van der Waals surface area contributed by atoms with Crippen molar-refractivity contribution in [2.75, 3.05) is 6.54 Å². The van der Waals surface area contributed by atoms with E-state index in [1.165, 1.54) is 24.2 Å². The molecule has 2 amide bonds. The Kier molecular flexibility index (Phi) is 8.83. The highest BCUT2D eigenvalue weighted by molar-refractivity contribution is 6.35. The summed E-state index contributed by atoms with van der Waals surface area (Å²) < 4.78 is 0. The van der Waals surface area contributed by atoms with Crippen molar-refractivity contribution in [2.24, 2.45) is 0 Å². The zero-order chi connectivity index (χ0) is 19.6. The van der Waals surface area contributed by atoms with Crippen LogP contribution in [0.2, 0.25) is 10.0 Å². The molecule has 0 atom stereocenters. The molecule has 0 heterocycles. The average molecular weight is 406 g/mol. The quantitative estimate of drug-likeness (QED) is 0.346. The first-order valence-electron chi connectivity index (χ1n) is 9.41. The van der Waals surface area contributed by atoms with Gasteiger partial charge in [0, 0.05) is 6.54 Å². The van der Waals surface area contributed by atoms with Crippen molar-refractivity contribution in [1.82, 2.24) is 4.90 Å². The fourth-order valence-electron chi connectivity index (χ4n) is 2.91. The van der Waals surface area contributed by atoms with Crippen molar-refractivity contribution in [3.63, 3.8) is 0 Å². The maximum atomic E-state index is 13.0. The number of halogens is 2. The fourth-order valence-corrected chi connectivity index (χ4v) is 3.34. The second kappa shape index (κ2) is 11.1. The molecule has 0 saturated heterocycles. The lowest BCUT2D eigenvalue weighted by molar-refractivity contribution is 0.0613. The number of imide groups is 1.